The van der Waals surface area contributed by atoms with Crippen LogP contribution in [0.1, 0.15) is 37.0 Å². The van der Waals surface area contributed by atoms with Crippen molar-refractivity contribution in [2.45, 2.75) is 38.8 Å². The number of nitrogens with one attached hydrogen (secondary N) is 2. The van der Waals surface area contributed by atoms with Crippen LogP contribution in [0.4, 0.5) is 4.79 Å². The van der Waals surface area contributed by atoms with Gasteiger partial charge in [0.25, 0.3) is 5.91 Å². The quantitative estimate of drug-likeness (QED) is 0.657. The van der Waals surface area contributed by atoms with E-state index >= 15 is 0 Å². The zero-order chi connectivity index (χ0) is 21.7. The molecular weight excluding hydrogens is 382 g/mol. The van der Waals surface area contributed by atoms with Crippen LogP contribution in [0.25, 0.3) is 0 Å². The summed E-state index contributed by atoms with van der Waals surface area (Å²) in [7, 11) is 1.56. The van der Waals surface area contributed by atoms with Crippen LogP contribution >= 0.6 is 0 Å². The Bertz CT molecular complexity index is 942. The van der Waals surface area contributed by atoms with Gasteiger partial charge in [0.15, 0.2) is 0 Å². The molecule has 1 fully saturated rings. The van der Waals surface area contributed by atoms with Crippen molar-refractivity contribution in [3.05, 3.63) is 65.2 Å². The molecule has 0 spiro atoms. The second-order valence-corrected chi connectivity index (χ2v) is 7.48. The van der Waals surface area contributed by atoms with E-state index in [1.54, 1.807) is 20.1 Å². The van der Waals surface area contributed by atoms with E-state index in [0.717, 1.165) is 23.3 Å². The summed E-state index contributed by atoms with van der Waals surface area (Å²) in [6, 6.07) is 14.4. The topological polar surface area (TPSA) is 87.7 Å². The molecule has 4 amide bonds. The normalized spacial score (nSPS) is 18.3. The highest BCUT2D eigenvalue weighted by atomic mass is 16.5. The number of para-hydroxylation sites is 1. The summed E-state index contributed by atoms with van der Waals surface area (Å²) in [6.07, 6.45) is 1.99. The van der Waals surface area contributed by atoms with E-state index < -0.39 is 23.4 Å². The highest BCUT2D eigenvalue weighted by Crippen LogP contribution is 2.29. The van der Waals surface area contributed by atoms with E-state index in [2.05, 4.69) is 17.6 Å². The Kier molecular flexibility index (Phi) is 6.40. The molecule has 2 aromatic carbocycles. The van der Waals surface area contributed by atoms with Gasteiger partial charge in [-0.3, -0.25) is 14.5 Å². The van der Waals surface area contributed by atoms with Crippen molar-refractivity contribution in [2.24, 2.45) is 0 Å². The van der Waals surface area contributed by atoms with Crippen molar-refractivity contribution in [1.29, 1.82) is 0 Å². The molecule has 158 valence electrons. The number of rotatable bonds is 8. The van der Waals surface area contributed by atoms with Crippen LogP contribution in [-0.2, 0) is 28.1 Å². The van der Waals surface area contributed by atoms with E-state index in [-0.39, 0.29) is 13.1 Å². The first-order chi connectivity index (χ1) is 14.4. The summed E-state index contributed by atoms with van der Waals surface area (Å²) in [5, 5.41) is 5.47. The van der Waals surface area contributed by atoms with Crippen LogP contribution in [0, 0.1) is 0 Å². The van der Waals surface area contributed by atoms with Gasteiger partial charge < -0.3 is 15.4 Å². The zero-order valence-electron chi connectivity index (χ0n) is 17.5. The average molecular weight is 409 g/mol. The van der Waals surface area contributed by atoms with Gasteiger partial charge >= 0.3 is 6.03 Å². The fraction of sp³-hybridized carbons (Fsp3) is 0.348. The number of benzene rings is 2. The Hall–Kier alpha value is -3.35. The number of hydrogen-bond acceptors (Lipinski definition) is 4. The molecule has 2 N–H and O–H groups in total. The Morgan fingerprint density at radius 1 is 1.13 bits per heavy atom. The van der Waals surface area contributed by atoms with Gasteiger partial charge in [-0.15, -0.1) is 0 Å². The maximum absolute atomic E-state index is 13.0. The molecule has 7 nitrogen and oxygen atoms in total. The predicted molar refractivity (Wildman–Crippen MR) is 113 cm³/mol. The van der Waals surface area contributed by atoms with Gasteiger partial charge in [-0.1, -0.05) is 55.8 Å². The van der Waals surface area contributed by atoms with Crippen LogP contribution in [0.15, 0.2) is 48.5 Å². The number of aryl methyl sites for hydroxylation is 1. The third-order valence-corrected chi connectivity index (χ3v) is 5.32. The highest BCUT2D eigenvalue weighted by molar-refractivity contribution is 6.09. The van der Waals surface area contributed by atoms with Gasteiger partial charge in [-0.05, 0) is 30.5 Å². The van der Waals surface area contributed by atoms with Crippen LogP contribution in [0.3, 0.4) is 0 Å². The molecule has 2 aromatic rings. The minimum Gasteiger partial charge on any atom is -0.496 e. The number of urea groups is 1. The van der Waals surface area contributed by atoms with E-state index in [1.807, 2.05) is 42.5 Å². The molecule has 3 rings (SSSR count). The van der Waals surface area contributed by atoms with Crippen LogP contribution < -0.4 is 15.4 Å². The number of carbonyl (C=O) groups is 3. The fourth-order valence-electron chi connectivity index (χ4n) is 3.57. The van der Waals surface area contributed by atoms with Crippen LogP contribution in [0.5, 0.6) is 5.75 Å². The lowest BCUT2D eigenvalue weighted by Gasteiger charge is -2.22. The maximum atomic E-state index is 13.0. The van der Waals surface area contributed by atoms with Crippen molar-refractivity contribution < 1.29 is 19.1 Å². The first-order valence-corrected chi connectivity index (χ1v) is 10.0. The van der Waals surface area contributed by atoms with Crippen molar-refractivity contribution in [3.63, 3.8) is 0 Å². The molecule has 0 radical (unpaired) electrons. The van der Waals surface area contributed by atoms with Gasteiger partial charge in [0.05, 0.1) is 7.11 Å². The van der Waals surface area contributed by atoms with Crippen LogP contribution in [-0.4, -0.2) is 36.4 Å². The van der Waals surface area contributed by atoms with E-state index in [4.69, 9.17) is 4.74 Å². The number of imide groups is 1. The SMILES string of the molecule is CCCc1ccc([C@@]2(C)NC(=O)N(CC(=O)NCc3ccccc3OC)C2=O)cc1. The molecule has 1 atom stereocenters. The van der Waals surface area contributed by atoms with Crippen LogP contribution in [0.2, 0.25) is 0 Å². The number of hydrogen-bond donors (Lipinski definition) is 2. The van der Waals surface area contributed by atoms with E-state index in [1.165, 1.54) is 5.56 Å². The van der Waals surface area contributed by atoms with Gasteiger partial charge in [0, 0.05) is 12.1 Å². The lowest BCUT2D eigenvalue weighted by atomic mass is 9.91. The number of amides is 4. The number of methoxy groups -OCH3 is 1. The minimum atomic E-state index is -1.19. The molecule has 0 aromatic heterocycles. The van der Waals surface area contributed by atoms with Crippen molar-refractivity contribution in [2.75, 3.05) is 13.7 Å². The Morgan fingerprint density at radius 3 is 2.50 bits per heavy atom. The maximum Gasteiger partial charge on any atom is 0.325 e. The number of carbonyl (C=O) groups excluding carboxylic acids is 3. The molecule has 30 heavy (non-hydrogen) atoms. The summed E-state index contributed by atoms with van der Waals surface area (Å²) < 4.78 is 5.27. The molecule has 1 aliphatic rings. The van der Waals surface area contributed by atoms with Crippen molar-refractivity contribution >= 4 is 17.8 Å². The Labute approximate surface area is 176 Å². The van der Waals surface area contributed by atoms with Crippen molar-refractivity contribution in [1.82, 2.24) is 15.5 Å². The fourth-order valence-corrected chi connectivity index (χ4v) is 3.57. The first kappa shape index (κ1) is 21.4. The van der Waals surface area contributed by atoms with Crippen molar-refractivity contribution in [3.8, 4) is 5.75 Å². The summed E-state index contributed by atoms with van der Waals surface area (Å²) >= 11 is 0. The zero-order valence-corrected chi connectivity index (χ0v) is 17.5. The molecule has 0 bridgehead atoms. The first-order valence-electron chi connectivity index (χ1n) is 10.0. The smallest absolute Gasteiger partial charge is 0.325 e. The lowest BCUT2D eigenvalue weighted by Crippen LogP contribution is -2.43. The second kappa shape index (κ2) is 8.98. The summed E-state index contributed by atoms with van der Waals surface area (Å²) in [6.45, 7) is 3.66. The number of nitrogens with zero attached hydrogens (tertiary/aromatic N) is 1. The average Bonchev–Trinajstić information content (AvgIpc) is 2.97. The predicted octanol–water partition coefficient (Wildman–Crippen LogP) is 2.73. The highest BCUT2D eigenvalue weighted by Gasteiger charge is 2.49. The molecule has 7 heteroatoms. The van der Waals surface area contributed by atoms with E-state index in [0.29, 0.717) is 11.3 Å². The summed E-state index contributed by atoms with van der Waals surface area (Å²) in [5.74, 6) is -0.206. The number of ether oxygens (including phenoxy) is 1. The molecule has 1 heterocycles. The third-order valence-electron chi connectivity index (χ3n) is 5.32. The second-order valence-electron chi connectivity index (χ2n) is 7.48. The molecule has 1 aliphatic heterocycles. The van der Waals surface area contributed by atoms with Gasteiger partial charge in [-0.2, -0.15) is 0 Å². The Morgan fingerprint density at radius 2 is 1.83 bits per heavy atom. The lowest BCUT2D eigenvalue weighted by molar-refractivity contribution is -0.134. The standard InChI is InChI=1S/C23H27N3O4/c1-4-7-16-10-12-18(13-11-16)23(2)21(28)26(22(29)25-23)15-20(27)24-14-17-8-5-6-9-19(17)30-3/h5-6,8-13H,4,7,14-15H2,1-3H3,(H,24,27)(H,25,29)/t23-/m1/s1. The summed E-state index contributed by atoms with van der Waals surface area (Å²) in [5.41, 5.74) is 1.49. The van der Waals surface area contributed by atoms with Gasteiger partial charge in [-0.25, -0.2) is 4.79 Å². The molecule has 0 aliphatic carbocycles. The monoisotopic (exact) mass is 409 g/mol. The molecule has 1 saturated heterocycles. The summed E-state index contributed by atoms with van der Waals surface area (Å²) in [4.78, 5) is 38.8. The third kappa shape index (κ3) is 4.30. The minimum absolute atomic E-state index is 0.239. The Balaban J connectivity index is 1.66. The largest absolute Gasteiger partial charge is 0.496 e. The molecule has 0 saturated carbocycles. The van der Waals surface area contributed by atoms with E-state index in [9.17, 15) is 14.4 Å². The molecule has 0 unspecified atom stereocenters. The van der Waals surface area contributed by atoms with Gasteiger partial charge in [0.2, 0.25) is 5.91 Å². The van der Waals surface area contributed by atoms with Gasteiger partial charge in [0.1, 0.15) is 17.8 Å². The molecular formula is C23H27N3O4.